The van der Waals surface area contributed by atoms with E-state index in [0.29, 0.717) is 17.1 Å². The van der Waals surface area contributed by atoms with Crippen molar-refractivity contribution in [2.24, 2.45) is 0 Å². The number of carbonyl (C=O) groups excluding carboxylic acids is 2. The maximum atomic E-state index is 13.6. The first-order valence-electron chi connectivity index (χ1n) is 12.2. The highest BCUT2D eigenvalue weighted by molar-refractivity contribution is 7.89. The number of anilines is 1. The molecule has 5 rings (SSSR count). The van der Waals surface area contributed by atoms with Crippen LogP contribution in [-0.4, -0.2) is 41.6 Å². The van der Waals surface area contributed by atoms with Crippen LogP contribution in [0.3, 0.4) is 0 Å². The summed E-state index contributed by atoms with van der Waals surface area (Å²) >= 11 is 7.52. The predicted octanol–water partition coefficient (Wildman–Crippen LogP) is 6.05. The zero-order valence-electron chi connectivity index (χ0n) is 21.1. The van der Waals surface area contributed by atoms with Crippen LogP contribution in [0.1, 0.15) is 32.3 Å². The molecule has 1 fully saturated rings. The molecule has 0 radical (unpaired) electrons. The van der Waals surface area contributed by atoms with Gasteiger partial charge in [-0.25, -0.2) is 18.3 Å². The number of rotatable bonds is 7. The first kappa shape index (κ1) is 26.5. The summed E-state index contributed by atoms with van der Waals surface area (Å²) in [5, 5.41) is 1.24. The number of benzene rings is 3. The van der Waals surface area contributed by atoms with Crippen LogP contribution < -0.4 is 4.90 Å². The van der Waals surface area contributed by atoms with Crippen molar-refractivity contribution in [3.8, 4) is 10.6 Å². The van der Waals surface area contributed by atoms with Crippen molar-refractivity contribution in [3.05, 3.63) is 77.3 Å². The van der Waals surface area contributed by atoms with Crippen molar-refractivity contribution >= 4 is 60.7 Å². The maximum absolute atomic E-state index is 13.6. The second-order valence-electron chi connectivity index (χ2n) is 9.37. The molecular weight excluding hydrogens is 542 g/mol. The third-order valence-electron chi connectivity index (χ3n) is 6.76. The van der Waals surface area contributed by atoms with Gasteiger partial charge in [0.2, 0.25) is 15.9 Å². The van der Waals surface area contributed by atoms with E-state index in [4.69, 9.17) is 16.6 Å². The number of hydrogen-bond acceptors (Lipinski definition) is 6. The highest BCUT2D eigenvalue weighted by Gasteiger charge is 2.48. The first-order valence-corrected chi connectivity index (χ1v) is 14.9. The Balaban J connectivity index is 1.44. The largest absolute Gasteiger partial charge is 0.274 e. The summed E-state index contributed by atoms with van der Waals surface area (Å²) in [6.45, 7) is 5.62. The summed E-state index contributed by atoms with van der Waals surface area (Å²) in [7, 11) is -4.07. The normalized spacial score (nSPS) is 17.1. The molecular formula is C28H26ClN3O4S2. The number of thiazole rings is 1. The molecule has 2 unspecified atom stereocenters. The number of sulfonamides is 1. The van der Waals surface area contributed by atoms with Crippen molar-refractivity contribution in [2.45, 2.75) is 50.6 Å². The standard InChI is InChI=1S/C28H26ClN3O4S2/c1-4-18(3)32(38(35,36)22-12-8-20(29)9-13-22)24-16-26(33)31(28(24)34)21-10-6-19(7-11-21)27-30-23-14-5-17(2)15-25(23)37-27/h5-15,18,24H,4,16H2,1-3H3. The molecule has 0 saturated carbocycles. The lowest BCUT2D eigenvalue weighted by molar-refractivity contribution is -0.122. The molecule has 196 valence electrons. The second-order valence-corrected chi connectivity index (χ2v) is 12.7. The van der Waals surface area contributed by atoms with E-state index in [1.807, 2.05) is 38.1 Å². The van der Waals surface area contributed by atoms with E-state index >= 15 is 0 Å². The van der Waals surface area contributed by atoms with Crippen molar-refractivity contribution in [1.82, 2.24) is 9.29 Å². The fourth-order valence-corrected chi connectivity index (χ4v) is 7.66. The minimum atomic E-state index is -4.07. The van der Waals surface area contributed by atoms with Crippen LogP contribution in [0, 0.1) is 6.92 Å². The number of aryl methyl sites for hydroxylation is 1. The lowest BCUT2D eigenvalue weighted by Crippen LogP contribution is -2.49. The van der Waals surface area contributed by atoms with Gasteiger partial charge >= 0.3 is 0 Å². The van der Waals surface area contributed by atoms with Gasteiger partial charge < -0.3 is 0 Å². The molecule has 1 aliphatic rings. The number of fused-ring (bicyclic) bond motifs is 1. The first-order chi connectivity index (χ1) is 18.1. The fourth-order valence-electron chi connectivity index (χ4n) is 4.61. The quantitative estimate of drug-likeness (QED) is 0.254. The molecule has 3 aromatic carbocycles. The smallest absolute Gasteiger partial charge is 0.252 e. The van der Waals surface area contributed by atoms with Crippen LogP contribution in [-0.2, 0) is 19.6 Å². The Kier molecular flexibility index (Phi) is 7.13. The van der Waals surface area contributed by atoms with Gasteiger partial charge in [-0.3, -0.25) is 9.59 Å². The van der Waals surface area contributed by atoms with Gasteiger partial charge in [0.05, 0.1) is 27.2 Å². The van der Waals surface area contributed by atoms with Crippen molar-refractivity contribution < 1.29 is 18.0 Å². The summed E-state index contributed by atoms with van der Waals surface area (Å²) in [6.07, 6.45) is 0.246. The van der Waals surface area contributed by atoms with Crippen LogP contribution in [0.15, 0.2) is 71.6 Å². The Labute approximate surface area is 230 Å². The summed E-state index contributed by atoms with van der Waals surface area (Å²) in [5.41, 5.74) is 3.35. The van der Waals surface area contributed by atoms with Crippen LogP contribution in [0.5, 0.6) is 0 Å². The second kappa shape index (κ2) is 10.2. The molecule has 38 heavy (non-hydrogen) atoms. The summed E-state index contributed by atoms with van der Waals surface area (Å²) in [5.74, 6) is -1.00. The third kappa shape index (κ3) is 4.75. The lowest BCUT2D eigenvalue weighted by Gasteiger charge is -2.31. The van der Waals surface area contributed by atoms with Gasteiger partial charge in [0.15, 0.2) is 0 Å². The van der Waals surface area contributed by atoms with Gasteiger partial charge in [0, 0.05) is 16.6 Å². The van der Waals surface area contributed by atoms with Gasteiger partial charge in [0.25, 0.3) is 5.91 Å². The zero-order chi connectivity index (χ0) is 27.2. The molecule has 4 aromatic rings. The highest BCUT2D eigenvalue weighted by atomic mass is 35.5. The molecule has 0 bridgehead atoms. The molecule has 0 aliphatic carbocycles. The molecule has 1 saturated heterocycles. The molecule has 1 aliphatic heterocycles. The molecule has 2 atom stereocenters. The fraction of sp³-hybridized carbons (Fsp3) is 0.250. The molecule has 2 amide bonds. The number of carbonyl (C=O) groups is 2. The zero-order valence-corrected chi connectivity index (χ0v) is 23.5. The van der Waals surface area contributed by atoms with Gasteiger partial charge in [-0.05, 0) is 86.5 Å². The van der Waals surface area contributed by atoms with Crippen LogP contribution >= 0.6 is 22.9 Å². The average Bonchev–Trinajstić information content (AvgIpc) is 3.44. The van der Waals surface area contributed by atoms with E-state index in [2.05, 4.69) is 6.07 Å². The van der Waals surface area contributed by atoms with Crippen LogP contribution in [0.25, 0.3) is 20.8 Å². The molecule has 0 N–H and O–H groups in total. The number of imide groups is 1. The molecule has 2 heterocycles. The third-order valence-corrected chi connectivity index (χ3v) is 10.1. The Morgan fingerprint density at radius 1 is 1.08 bits per heavy atom. The van der Waals surface area contributed by atoms with E-state index in [1.165, 1.54) is 28.6 Å². The predicted molar refractivity (Wildman–Crippen MR) is 151 cm³/mol. The monoisotopic (exact) mass is 567 g/mol. The Morgan fingerprint density at radius 3 is 2.42 bits per heavy atom. The Bertz CT molecular complexity index is 1630. The van der Waals surface area contributed by atoms with E-state index in [9.17, 15) is 18.0 Å². The van der Waals surface area contributed by atoms with Crippen LogP contribution in [0.4, 0.5) is 5.69 Å². The number of aromatic nitrogens is 1. The van der Waals surface area contributed by atoms with Crippen molar-refractivity contribution in [2.75, 3.05) is 4.90 Å². The van der Waals surface area contributed by atoms with Gasteiger partial charge in [-0.15, -0.1) is 11.3 Å². The average molecular weight is 568 g/mol. The topological polar surface area (TPSA) is 87.7 Å². The number of nitrogens with zero attached hydrogens (tertiary/aromatic N) is 3. The van der Waals surface area contributed by atoms with E-state index < -0.39 is 33.9 Å². The Morgan fingerprint density at radius 2 is 1.76 bits per heavy atom. The highest BCUT2D eigenvalue weighted by Crippen LogP contribution is 2.35. The molecule has 0 spiro atoms. The summed E-state index contributed by atoms with van der Waals surface area (Å²) in [4.78, 5) is 32.5. The molecule has 10 heteroatoms. The Hall–Kier alpha value is -3.11. The summed E-state index contributed by atoms with van der Waals surface area (Å²) in [6, 6.07) is 17.3. The van der Waals surface area contributed by atoms with E-state index in [1.54, 1.807) is 30.4 Å². The van der Waals surface area contributed by atoms with Crippen molar-refractivity contribution in [3.63, 3.8) is 0 Å². The molecule has 7 nitrogen and oxygen atoms in total. The maximum Gasteiger partial charge on any atom is 0.252 e. The minimum absolute atomic E-state index is 0.0243. The van der Waals surface area contributed by atoms with Crippen LogP contribution in [0.2, 0.25) is 5.02 Å². The van der Waals surface area contributed by atoms with Crippen molar-refractivity contribution in [1.29, 1.82) is 0 Å². The van der Waals surface area contributed by atoms with Gasteiger partial charge in [-0.2, -0.15) is 4.31 Å². The summed E-state index contributed by atoms with van der Waals surface area (Å²) < 4.78 is 29.5. The minimum Gasteiger partial charge on any atom is -0.274 e. The van der Waals surface area contributed by atoms with E-state index in [0.717, 1.165) is 31.3 Å². The number of hydrogen-bond donors (Lipinski definition) is 0. The molecule has 1 aromatic heterocycles. The number of amides is 2. The van der Waals surface area contributed by atoms with Gasteiger partial charge in [0.1, 0.15) is 11.0 Å². The number of halogens is 1. The van der Waals surface area contributed by atoms with E-state index in [-0.39, 0.29) is 11.3 Å². The van der Waals surface area contributed by atoms with Gasteiger partial charge in [-0.1, -0.05) is 24.6 Å². The SMILES string of the molecule is CCC(C)N(C1CC(=O)N(c2ccc(-c3nc4ccc(C)cc4s3)cc2)C1=O)S(=O)(=O)c1ccc(Cl)cc1. The lowest BCUT2D eigenvalue weighted by atomic mass is 10.2.